The van der Waals surface area contributed by atoms with Crippen LogP contribution in [0.25, 0.3) is 0 Å². The Bertz CT molecular complexity index is 646. The van der Waals surface area contributed by atoms with Gasteiger partial charge in [-0.2, -0.15) is 0 Å². The average molecular weight is 338 g/mol. The first kappa shape index (κ1) is 16.8. The van der Waals surface area contributed by atoms with E-state index in [1.807, 2.05) is 32.2 Å². The van der Waals surface area contributed by atoms with Crippen LogP contribution in [0.15, 0.2) is 48.5 Å². The Morgan fingerprint density at radius 1 is 1.18 bits per heavy atom. The van der Waals surface area contributed by atoms with Crippen molar-refractivity contribution in [2.45, 2.75) is 19.5 Å². The van der Waals surface area contributed by atoms with Crippen molar-refractivity contribution in [3.8, 4) is 0 Å². The molecule has 0 radical (unpaired) electrons. The molecule has 116 valence electrons. The highest BCUT2D eigenvalue weighted by Gasteiger charge is 2.22. The van der Waals surface area contributed by atoms with Crippen LogP contribution < -0.4 is 10.2 Å². The third kappa shape index (κ3) is 4.47. The molecule has 0 saturated carbocycles. The first-order chi connectivity index (χ1) is 10.5. The molecule has 2 aromatic carbocycles. The van der Waals surface area contributed by atoms with Gasteiger partial charge in [0.15, 0.2) is 6.04 Å². The third-order valence-corrected chi connectivity index (χ3v) is 4.21. The fourth-order valence-corrected chi connectivity index (χ4v) is 2.47. The molecule has 0 aliphatic rings. The third-order valence-electron chi connectivity index (χ3n) is 3.64. The number of carbonyl (C=O) groups is 1. The SMILES string of the molecule is C[C@@H](C(=O)Nc1cc(Cl)ccc1Cl)[NH+](C)Cc1ccccc1. The summed E-state index contributed by atoms with van der Waals surface area (Å²) in [5.41, 5.74) is 1.74. The summed E-state index contributed by atoms with van der Waals surface area (Å²) in [5, 5.41) is 3.86. The van der Waals surface area contributed by atoms with Gasteiger partial charge in [0.1, 0.15) is 6.54 Å². The Labute approximate surface area is 140 Å². The van der Waals surface area contributed by atoms with Crippen molar-refractivity contribution in [3.63, 3.8) is 0 Å². The van der Waals surface area contributed by atoms with Crippen LogP contribution in [0, 0.1) is 0 Å². The van der Waals surface area contributed by atoms with E-state index in [4.69, 9.17) is 23.2 Å². The molecule has 2 N–H and O–H groups in total. The van der Waals surface area contributed by atoms with Gasteiger partial charge in [-0.25, -0.2) is 0 Å². The van der Waals surface area contributed by atoms with Crippen molar-refractivity contribution in [1.29, 1.82) is 0 Å². The van der Waals surface area contributed by atoms with Crippen LogP contribution in [0.4, 0.5) is 5.69 Å². The quantitative estimate of drug-likeness (QED) is 0.863. The number of rotatable bonds is 5. The highest BCUT2D eigenvalue weighted by Crippen LogP contribution is 2.25. The zero-order chi connectivity index (χ0) is 16.1. The summed E-state index contributed by atoms with van der Waals surface area (Å²) in [6.45, 7) is 2.67. The Balaban J connectivity index is 2.01. The van der Waals surface area contributed by atoms with Crippen LogP contribution in [-0.2, 0) is 11.3 Å². The number of benzene rings is 2. The molecule has 0 fully saturated rings. The van der Waals surface area contributed by atoms with E-state index >= 15 is 0 Å². The molecule has 0 spiro atoms. The van der Waals surface area contributed by atoms with Crippen LogP contribution in [-0.4, -0.2) is 19.0 Å². The summed E-state index contributed by atoms with van der Waals surface area (Å²) in [6, 6.07) is 14.9. The molecular formula is C17H19Cl2N2O+. The van der Waals surface area contributed by atoms with Gasteiger partial charge in [-0.1, -0.05) is 53.5 Å². The number of hydrogen-bond donors (Lipinski definition) is 2. The molecule has 3 nitrogen and oxygen atoms in total. The molecule has 0 saturated heterocycles. The van der Waals surface area contributed by atoms with Crippen molar-refractivity contribution < 1.29 is 9.69 Å². The lowest BCUT2D eigenvalue weighted by Crippen LogP contribution is -3.12. The zero-order valence-electron chi connectivity index (χ0n) is 12.6. The number of anilines is 1. The number of likely N-dealkylation sites (N-methyl/N-ethyl adjacent to an activating group) is 1. The van der Waals surface area contributed by atoms with E-state index in [0.717, 1.165) is 11.4 Å². The number of quaternary nitrogens is 1. The highest BCUT2D eigenvalue weighted by molar-refractivity contribution is 6.35. The molecule has 0 heterocycles. The van der Waals surface area contributed by atoms with Crippen molar-refractivity contribution in [2.24, 2.45) is 0 Å². The fraction of sp³-hybridized carbons (Fsp3) is 0.235. The topological polar surface area (TPSA) is 33.5 Å². The molecule has 2 atom stereocenters. The van der Waals surface area contributed by atoms with Gasteiger partial charge in [0.25, 0.3) is 5.91 Å². The Morgan fingerprint density at radius 2 is 1.86 bits per heavy atom. The van der Waals surface area contributed by atoms with Gasteiger partial charge in [-0.05, 0) is 25.1 Å². The fourth-order valence-electron chi connectivity index (χ4n) is 2.13. The lowest BCUT2D eigenvalue weighted by Gasteiger charge is -2.21. The second-order valence-corrected chi connectivity index (χ2v) is 6.19. The normalized spacial score (nSPS) is 13.5. The monoisotopic (exact) mass is 337 g/mol. The second-order valence-electron chi connectivity index (χ2n) is 5.34. The van der Waals surface area contributed by atoms with Crippen molar-refractivity contribution in [1.82, 2.24) is 0 Å². The summed E-state index contributed by atoms with van der Waals surface area (Å²) in [5.74, 6) is -0.0856. The van der Waals surface area contributed by atoms with Gasteiger partial charge < -0.3 is 10.2 Å². The summed E-state index contributed by atoms with van der Waals surface area (Å²) in [7, 11) is 2.00. The highest BCUT2D eigenvalue weighted by atomic mass is 35.5. The molecule has 0 aliphatic carbocycles. The molecule has 0 aromatic heterocycles. The summed E-state index contributed by atoms with van der Waals surface area (Å²) >= 11 is 12.0. The molecule has 2 rings (SSSR count). The minimum atomic E-state index is -0.213. The molecular weight excluding hydrogens is 319 g/mol. The summed E-state index contributed by atoms with van der Waals surface area (Å²) < 4.78 is 0. The van der Waals surface area contributed by atoms with Crippen LogP contribution in [0.2, 0.25) is 10.0 Å². The molecule has 2 aromatic rings. The number of amides is 1. The van der Waals surface area contributed by atoms with Gasteiger partial charge in [-0.3, -0.25) is 4.79 Å². The Morgan fingerprint density at radius 3 is 2.55 bits per heavy atom. The first-order valence-electron chi connectivity index (χ1n) is 7.09. The summed E-state index contributed by atoms with van der Waals surface area (Å²) in [4.78, 5) is 13.5. The lowest BCUT2D eigenvalue weighted by atomic mass is 10.2. The maximum atomic E-state index is 12.4. The van der Waals surface area contributed by atoms with E-state index in [1.54, 1.807) is 18.2 Å². The minimum Gasteiger partial charge on any atom is -0.324 e. The van der Waals surface area contributed by atoms with E-state index in [-0.39, 0.29) is 11.9 Å². The Kier molecular flexibility index (Phi) is 5.83. The largest absolute Gasteiger partial charge is 0.324 e. The predicted octanol–water partition coefficient (Wildman–Crippen LogP) is 3.04. The van der Waals surface area contributed by atoms with Gasteiger partial charge >= 0.3 is 0 Å². The molecule has 1 amide bonds. The van der Waals surface area contributed by atoms with E-state index in [9.17, 15) is 4.79 Å². The van der Waals surface area contributed by atoms with Gasteiger partial charge in [0, 0.05) is 10.6 Å². The van der Waals surface area contributed by atoms with Crippen molar-refractivity contribution >= 4 is 34.8 Å². The van der Waals surface area contributed by atoms with Crippen LogP contribution in [0.1, 0.15) is 12.5 Å². The molecule has 0 aliphatic heterocycles. The molecule has 5 heteroatoms. The number of halogens is 2. The number of carbonyl (C=O) groups excluding carboxylic acids is 1. The van der Waals surface area contributed by atoms with Crippen LogP contribution in [0.5, 0.6) is 0 Å². The van der Waals surface area contributed by atoms with Crippen LogP contribution in [0.3, 0.4) is 0 Å². The minimum absolute atomic E-state index is 0.0856. The lowest BCUT2D eigenvalue weighted by molar-refractivity contribution is -0.907. The zero-order valence-corrected chi connectivity index (χ0v) is 14.1. The number of hydrogen-bond acceptors (Lipinski definition) is 1. The van der Waals surface area contributed by atoms with E-state index in [2.05, 4.69) is 17.4 Å². The molecule has 0 bridgehead atoms. The Hall–Kier alpha value is -1.55. The second kappa shape index (κ2) is 7.63. The van der Waals surface area contributed by atoms with Gasteiger partial charge in [0.05, 0.1) is 17.8 Å². The van der Waals surface area contributed by atoms with E-state index < -0.39 is 0 Å². The first-order valence-corrected chi connectivity index (χ1v) is 7.85. The number of nitrogens with one attached hydrogen (secondary N) is 2. The van der Waals surface area contributed by atoms with Crippen molar-refractivity contribution in [2.75, 3.05) is 12.4 Å². The molecule has 1 unspecified atom stereocenters. The van der Waals surface area contributed by atoms with E-state index in [0.29, 0.717) is 15.7 Å². The van der Waals surface area contributed by atoms with E-state index in [1.165, 1.54) is 5.56 Å². The maximum Gasteiger partial charge on any atom is 0.282 e. The maximum absolute atomic E-state index is 12.4. The average Bonchev–Trinajstić information content (AvgIpc) is 2.51. The predicted molar refractivity (Wildman–Crippen MR) is 91.6 cm³/mol. The molecule has 22 heavy (non-hydrogen) atoms. The van der Waals surface area contributed by atoms with Gasteiger partial charge in [0.2, 0.25) is 0 Å². The smallest absolute Gasteiger partial charge is 0.282 e. The standard InChI is InChI=1S/C17H18Cl2N2O/c1-12(21(2)11-13-6-4-3-5-7-13)17(22)20-16-10-14(18)8-9-15(16)19/h3-10,12H,11H2,1-2H3,(H,20,22)/p+1/t12-/m0/s1. The van der Waals surface area contributed by atoms with Crippen molar-refractivity contribution in [3.05, 3.63) is 64.1 Å². The van der Waals surface area contributed by atoms with Gasteiger partial charge in [-0.15, -0.1) is 0 Å². The van der Waals surface area contributed by atoms with Crippen LogP contribution >= 0.6 is 23.2 Å². The summed E-state index contributed by atoms with van der Waals surface area (Å²) in [6.07, 6.45) is 0.